The highest BCUT2D eigenvalue weighted by Crippen LogP contribution is 2.44. The first-order valence-corrected chi connectivity index (χ1v) is 23.0. The smallest absolute Gasteiger partial charge is 0.168 e. The van der Waals surface area contributed by atoms with E-state index in [1.165, 1.54) is 0 Å². The highest BCUT2D eigenvalue weighted by atomic mass is 16.3. The van der Waals surface area contributed by atoms with Crippen molar-refractivity contribution in [3.05, 3.63) is 237 Å². The average Bonchev–Trinajstić information content (AvgIpc) is 4.19. The van der Waals surface area contributed by atoms with Gasteiger partial charge in [0.05, 0.1) is 38.8 Å². The Kier molecular flexibility index (Phi) is 8.48. The molecule has 68 heavy (non-hydrogen) atoms. The fraction of sp³-hybridized carbons (Fsp3) is 0. The van der Waals surface area contributed by atoms with Crippen LogP contribution in [0.4, 0.5) is 0 Å². The van der Waals surface area contributed by atoms with Crippen LogP contribution in [0.3, 0.4) is 0 Å². The van der Waals surface area contributed by atoms with Gasteiger partial charge in [0.1, 0.15) is 11.2 Å². The van der Waals surface area contributed by atoms with Crippen molar-refractivity contribution < 1.29 is 4.42 Å². The normalized spacial score (nSPS) is 11.8. The molecule has 0 spiro atoms. The van der Waals surface area contributed by atoms with Gasteiger partial charge in [-0.05, 0) is 77.4 Å². The van der Waals surface area contributed by atoms with Gasteiger partial charge in [-0.15, -0.1) is 10.2 Å². The van der Waals surface area contributed by atoms with Gasteiger partial charge in [-0.25, -0.2) is 0 Å². The molecule has 0 aliphatic carbocycles. The maximum absolute atomic E-state index is 6.64. The lowest BCUT2D eigenvalue weighted by molar-refractivity contribution is 0.673. The molecular weight excluding hydrogens is 831 g/mol. The number of hydrogen-bond donors (Lipinski definition) is 0. The van der Waals surface area contributed by atoms with E-state index in [0.717, 1.165) is 128 Å². The summed E-state index contributed by atoms with van der Waals surface area (Å²) in [5.74, 6) is 1.58. The lowest BCUT2D eigenvalue weighted by atomic mass is 9.93. The summed E-state index contributed by atoms with van der Waals surface area (Å²) >= 11 is 0. The topological polar surface area (TPSA) is 53.7 Å². The summed E-state index contributed by atoms with van der Waals surface area (Å²) in [6.45, 7) is 0. The van der Waals surface area contributed by atoms with Crippen LogP contribution in [0.5, 0.6) is 0 Å². The fourth-order valence-electron chi connectivity index (χ4n) is 10.7. The third-order valence-electron chi connectivity index (χ3n) is 13.6. The Morgan fingerprint density at radius 2 is 0.824 bits per heavy atom. The molecule has 0 saturated carbocycles. The average molecular weight is 870 g/mol. The van der Waals surface area contributed by atoms with E-state index in [0.29, 0.717) is 0 Å². The molecule has 318 valence electrons. The van der Waals surface area contributed by atoms with Crippen LogP contribution in [0.25, 0.3) is 128 Å². The second kappa shape index (κ2) is 15.2. The van der Waals surface area contributed by atoms with Crippen molar-refractivity contribution in [2.24, 2.45) is 0 Å². The van der Waals surface area contributed by atoms with Crippen LogP contribution < -0.4 is 0 Å². The summed E-state index contributed by atoms with van der Waals surface area (Å²) in [4.78, 5) is 0. The maximum Gasteiger partial charge on any atom is 0.168 e. The van der Waals surface area contributed by atoms with Crippen molar-refractivity contribution in [3.8, 4) is 62.1 Å². The van der Waals surface area contributed by atoms with Crippen LogP contribution in [-0.2, 0) is 0 Å². The molecule has 14 rings (SSSR count). The van der Waals surface area contributed by atoms with E-state index in [1.54, 1.807) is 0 Å². The SMILES string of the molecule is c1ccc(-c2nnc(-c3ccccc3)n2-c2cccc3c2c2ccccc2n3-c2ccc(-c3ccccc3-c3ccccc3-n3c4ccccc4c4c5oc6ccccc6c5ccc43)cc2)cc1. The minimum atomic E-state index is 0.792. The molecular formula is C62H39N5O. The van der Waals surface area contributed by atoms with Crippen molar-refractivity contribution in [2.75, 3.05) is 0 Å². The maximum atomic E-state index is 6.64. The fourth-order valence-corrected chi connectivity index (χ4v) is 10.7. The Bertz CT molecular complexity index is 4190. The van der Waals surface area contributed by atoms with E-state index in [9.17, 15) is 0 Å². The Morgan fingerprint density at radius 3 is 1.54 bits per heavy atom. The van der Waals surface area contributed by atoms with Gasteiger partial charge in [0, 0.05) is 49.3 Å². The van der Waals surface area contributed by atoms with Crippen LogP contribution >= 0.6 is 0 Å². The van der Waals surface area contributed by atoms with Crippen LogP contribution in [0.2, 0.25) is 0 Å². The molecule has 0 N–H and O–H groups in total. The lowest BCUT2D eigenvalue weighted by Crippen LogP contribution is -2.01. The molecule has 0 aliphatic rings. The standard InChI is InChI=1S/C62H39N5O/c1-3-18-41(19-4-1)61-63-64-62(42-20-5-2-6-21-42)67(61)55-32-17-31-54-58(55)49-26-10-14-29-52(49)65(54)43-36-34-40(35-37-43)44-22-7-8-23-45(44)46-24-9-13-28-51(46)66-53-30-15-11-27-50(53)59-56(66)39-38-48-47-25-12-16-33-57(47)68-60(48)59/h1-39H. The number of rotatable bonds is 7. The van der Waals surface area contributed by atoms with Gasteiger partial charge in [0.15, 0.2) is 11.6 Å². The number of furan rings is 1. The van der Waals surface area contributed by atoms with Gasteiger partial charge >= 0.3 is 0 Å². The summed E-state index contributed by atoms with van der Waals surface area (Å²) < 4.78 is 13.7. The number of hydrogen-bond acceptors (Lipinski definition) is 3. The third-order valence-corrected chi connectivity index (χ3v) is 13.6. The number of aromatic nitrogens is 5. The molecule has 0 fully saturated rings. The summed E-state index contributed by atoms with van der Waals surface area (Å²) in [6, 6.07) is 84.0. The molecule has 6 heteroatoms. The number of fused-ring (bicyclic) bond motifs is 10. The monoisotopic (exact) mass is 869 g/mol. The zero-order chi connectivity index (χ0) is 44.7. The van der Waals surface area contributed by atoms with E-state index < -0.39 is 0 Å². The number of para-hydroxylation sites is 4. The Balaban J connectivity index is 0.914. The Labute approximate surface area is 390 Å². The van der Waals surface area contributed by atoms with Crippen molar-refractivity contribution >= 4 is 65.6 Å². The third kappa shape index (κ3) is 5.71. The second-order valence-corrected chi connectivity index (χ2v) is 17.3. The first-order chi connectivity index (χ1) is 33.8. The van der Waals surface area contributed by atoms with E-state index in [1.807, 2.05) is 18.2 Å². The molecule has 0 amide bonds. The predicted octanol–water partition coefficient (Wildman–Crippen LogP) is 16.0. The molecule has 0 aliphatic heterocycles. The van der Waals surface area contributed by atoms with Gasteiger partial charge in [-0.1, -0.05) is 176 Å². The summed E-state index contributed by atoms with van der Waals surface area (Å²) in [5, 5.41) is 16.5. The summed E-state index contributed by atoms with van der Waals surface area (Å²) in [6.07, 6.45) is 0. The molecule has 10 aromatic carbocycles. The zero-order valence-corrected chi connectivity index (χ0v) is 36.7. The van der Waals surface area contributed by atoms with E-state index in [-0.39, 0.29) is 0 Å². The zero-order valence-electron chi connectivity index (χ0n) is 36.7. The summed E-state index contributed by atoms with van der Waals surface area (Å²) in [5.41, 5.74) is 16.1. The van der Waals surface area contributed by atoms with Gasteiger partial charge in [-0.2, -0.15) is 0 Å². The van der Waals surface area contributed by atoms with E-state index in [4.69, 9.17) is 14.6 Å². The molecule has 0 saturated heterocycles. The molecule has 14 aromatic rings. The van der Waals surface area contributed by atoms with Gasteiger partial charge < -0.3 is 13.6 Å². The van der Waals surface area contributed by atoms with Crippen LogP contribution in [0, 0.1) is 0 Å². The highest BCUT2D eigenvalue weighted by Gasteiger charge is 2.24. The first-order valence-electron chi connectivity index (χ1n) is 23.0. The molecule has 4 heterocycles. The molecule has 0 bridgehead atoms. The van der Waals surface area contributed by atoms with Crippen molar-refractivity contribution in [1.82, 2.24) is 23.9 Å². The minimum absolute atomic E-state index is 0.792. The molecule has 0 radical (unpaired) electrons. The van der Waals surface area contributed by atoms with Crippen LogP contribution in [-0.4, -0.2) is 23.9 Å². The highest BCUT2D eigenvalue weighted by molar-refractivity contribution is 6.24. The molecule has 6 nitrogen and oxygen atoms in total. The van der Waals surface area contributed by atoms with Gasteiger partial charge in [0.25, 0.3) is 0 Å². The largest absolute Gasteiger partial charge is 0.455 e. The molecule has 0 unspecified atom stereocenters. The Morgan fingerprint density at radius 1 is 0.294 bits per heavy atom. The van der Waals surface area contributed by atoms with Crippen LogP contribution in [0.15, 0.2) is 241 Å². The Hall–Kier alpha value is -9.26. The minimum Gasteiger partial charge on any atom is -0.455 e. The lowest BCUT2D eigenvalue weighted by Gasteiger charge is -2.17. The van der Waals surface area contributed by atoms with E-state index >= 15 is 0 Å². The second-order valence-electron chi connectivity index (χ2n) is 17.3. The van der Waals surface area contributed by atoms with Gasteiger partial charge in [0.2, 0.25) is 0 Å². The van der Waals surface area contributed by atoms with E-state index in [2.05, 4.69) is 232 Å². The first kappa shape index (κ1) is 38.1. The summed E-state index contributed by atoms with van der Waals surface area (Å²) in [7, 11) is 0. The molecule has 0 atom stereocenters. The number of benzene rings is 10. The van der Waals surface area contributed by atoms with Crippen molar-refractivity contribution in [2.45, 2.75) is 0 Å². The molecule has 4 aromatic heterocycles. The van der Waals surface area contributed by atoms with Crippen molar-refractivity contribution in [3.63, 3.8) is 0 Å². The van der Waals surface area contributed by atoms with Crippen molar-refractivity contribution in [1.29, 1.82) is 0 Å². The quantitative estimate of drug-likeness (QED) is 0.160. The number of nitrogens with zero attached hydrogens (tertiary/aromatic N) is 5. The van der Waals surface area contributed by atoms with Gasteiger partial charge in [-0.3, -0.25) is 4.57 Å². The predicted molar refractivity (Wildman–Crippen MR) is 279 cm³/mol. The van der Waals surface area contributed by atoms with Crippen LogP contribution in [0.1, 0.15) is 0 Å².